The van der Waals surface area contributed by atoms with Crippen molar-refractivity contribution in [3.63, 3.8) is 0 Å². The molecule has 0 saturated carbocycles. The van der Waals surface area contributed by atoms with Crippen LogP contribution in [0.15, 0.2) is 4.73 Å². The van der Waals surface area contributed by atoms with Gasteiger partial charge in [-0.05, 0) is 22.4 Å². The summed E-state index contributed by atoms with van der Waals surface area (Å²) in [5, 5.41) is 6.83. The lowest BCUT2D eigenvalue weighted by atomic mass is 10.2. The molecule has 2 heterocycles. The zero-order chi connectivity index (χ0) is 10.1. The highest BCUT2D eigenvalue weighted by Gasteiger charge is 2.22. The van der Waals surface area contributed by atoms with Gasteiger partial charge in [0.05, 0.1) is 6.54 Å². The molecule has 1 aromatic heterocycles. The predicted octanol–water partition coefficient (Wildman–Crippen LogP) is -0.0986. The highest BCUT2D eigenvalue weighted by atomic mass is 79.9. The molecule has 0 bridgehead atoms. The zero-order valence-corrected chi connectivity index (χ0v) is 8.99. The third-order valence-corrected chi connectivity index (χ3v) is 2.71. The highest BCUT2D eigenvalue weighted by molar-refractivity contribution is 9.10. The van der Waals surface area contributed by atoms with Crippen molar-refractivity contribution in [3.05, 3.63) is 4.73 Å². The molecule has 1 saturated heterocycles. The van der Waals surface area contributed by atoms with Gasteiger partial charge in [-0.2, -0.15) is 4.98 Å². The van der Waals surface area contributed by atoms with E-state index in [1.165, 1.54) is 0 Å². The standard InChI is InChI=1S/C7H10BrN5O/c8-6-11-7(9)12-13(6)3-4-1-2-5(14)10-4/h4H,1-3H2,(H2,9,12)(H,10,14). The first-order valence-electron chi connectivity index (χ1n) is 4.30. The van der Waals surface area contributed by atoms with Crippen molar-refractivity contribution >= 4 is 27.8 Å². The van der Waals surface area contributed by atoms with Crippen molar-refractivity contribution in [2.45, 2.75) is 25.4 Å². The third-order valence-electron chi connectivity index (χ3n) is 2.12. The summed E-state index contributed by atoms with van der Waals surface area (Å²) in [7, 11) is 0. The topological polar surface area (TPSA) is 85.8 Å². The van der Waals surface area contributed by atoms with Gasteiger partial charge in [0, 0.05) is 12.5 Å². The summed E-state index contributed by atoms with van der Waals surface area (Å²) < 4.78 is 2.24. The molecule has 0 aliphatic carbocycles. The van der Waals surface area contributed by atoms with Crippen LogP contribution in [0, 0.1) is 0 Å². The molecule has 1 atom stereocenters. The maximum absolute atomic E-state index is 10.9. The average Bonchev–Trinajstić information content (AvgIpc) is 2.61. The minimum Gasteiger partial charge on any atom is -0.366 e. The molecule has 1 aromatic rings. The van der Waals surface area contributed by atoms with Gasteiger partial charge in [-0.1, -0.05) is 0 Å². The van der Waals surface area contributed by atoms with E-state index in [2.05, 4.69) is 31.3 Å². The van der Waals surface area contributed by atoms with Gasteiger partial charge in [0.25, 0.3) is 0 Å². The number of amides is 1. The van der Waals surface area contributed by atoms with Crippen LogP contribution in [-0.2, 0) is 11.3 Å². The molecule has 14 heavy (non-hydrogen) atoms. The van der Waals surface area contributed by atoms with Crippen molar-refractivity contribution in [1.82, 2.24) is 20.1 Å². The van der Waals surface area contributed by atoms with Crippen LogP contribution in [0.2, 0.25) is 0 Å². The Labute approximate surface area is 89.0 Å². The molecule has 76 valence electrons. The number of nitrogen functional groups attached to an aromatic ring is 1. The lowest BCUT2D eigenvalue weighted by molar-refractivity contribution is -0.119. The quantitative estimate of drug-likeness (QED) is 0.777. The minimum absolute atomic E-state index is 0.0965. The summed E-state index contributed by atoms with van der Waals surface area (Å²) in [6, 6.07) is 0.139. The molecule has 0 aromatic carbocycles. The lowest BCUT2D eigenvalue weighted by Gasteiger charge is -2.09. The number of halogens is 1. The van der Waals surface area contributed by atoms with Crippen LogP contribution < -0.4 is 11.1 Å². The summed E-state index contributed by atoms with van der Waals surface area (Å²) in [6.45, 7) is 0.608. The molecule has 6 nitrogen and oxygen atoms in total. The molecule has 7 heteroatoms. The predicted molar refractivity (Wildman–Crippen MR) is 53.3 cm³/mol. The molecule has 1 amide bonds. The average molecular weight is 260 g/mol. The Balaban J connectivity index is 2.04. The lowest BCUT2D eigenvalue weighted by Crippen LogP contribution is -2.30. The molecular weight excluding hydrogens is 250 g/mol. The Morgan fingerprint density at radius 1 is 1.71 bits per heavy atom. The molecule has 1 fully saturated rings. The number of anilines is 1. The van der Waals surface area contributed by atoms with E-state index in [-0.39, 0.29) is 17.9 Å². The third kappa shape index (κ3) is 1.87. The van der Waals surface area contributed by atoms with Gasteiger partial charge >= 0.3 is 0 Å². The Morgan fingerprint density at radius 3 is 3.00 bits per heavy atom. The summed E-state index contributed by atoms with van der Waals surface area (Å²) >= 11 is 3.24. The Morgan fingerprint density at radius 2 is 2.50 bits per heavy atom. The zero-order valence-electron chi connectivity index (χ0n) is 7.40. The van der Waals surface area contributed by atoms with Crippen LogP contribution in [0.25, 0.3) is 0 Å². The largest absolute Gasteiger partial charge is 0.366 e. The first kappa shape index (κ1) is 9.45. The van der Waals surface area contributed by atoms with Gasteiger partial charge in [-0.3, -0.25) is 4.79 Å². The van der Waals surface area contributed by atoms with E-state index in [0.717, 1.165) is 6.42 Å². The fourth-order valence-corrected chi connectivity index (χ4v) is 1.88. The SMILES string of the molecule is Nc1nc(Br)n(CC2CCC(=O)N2)n1. The van der Waals surface area contributed by atoms with Crippen LogP contribution in [0.3, 0.4) is 0 Å². The molecule has 0 spiro atoms. The van der Waals surface area contributed by atoms with Gasteiger partial charge in [0.15, 0.2) is 4.73 Å². The number of carbonyl (C=O) groups excluding carboxylic acids is 1. The van der Waals surface area contributed by atoms with E-state index in [0.29, 0.717) is 17.7 Å². The van der Waals surface area contributed by atoms with Crippen molar-refractivity contribution in [1.29, 1.82) is 0 Å². The second-order valence-corrected chi connectivity index (χ2v) is 3.93. The maximum Gasteiger partial charge on any atom is 0.240 e. The Bertz CT molecular complexity index is 363. The molecule has 2 rings (SSSR count). The Kier molecular flexibility index (Phi) is 2.40. The van der Waals surface area contributed by atoms with Gasteiger partial charge in [-0.15, -0.1) is 5.10 Å². The van der Waals surface area contributed by atoms with Crippen LogP contribution in [0.1, 0.15) is 12.8 Å². The number of nitrogens with zero attached hydrogens (tertiary/aromatic N) is 3. The van der Waals surface area contributed by atoms with Gasteiger partial charge in [-0.25, -0.2) is 4.68 Å². The van der Waals surface area contributed by atoms with Crippen molar-refractivity contribution < 1.29 is 4.79 Å². The number of nitrogens with two attached hydrogens (primary N) is 1. The second kappa shape index (κ2) is 3.56. The number of rotatable bonds is 2. The molecular formula is C7H10BrN5O. The number of carbonyl (C=O) groups is 1. The molecule has 1 aliphatic rings. The summed E-state index contributed by atoms with van der Waals surface area (Å²) in [5.41, 5.74) is 5.42. The van der Waals surface area contributed by atoms with Crippen LogP contribution >= 0.6 is 15.9 Å². The number of hydrogen-bond donors (Lipinski definition) is 2. The monoisotopic (exact) mass is 259 g/mol. The van der Waals surface area contributed by atoms with Crippen molar-refractivity contribution in [2.75, 3.05) is 5.73 Å². The minimum atomic E-state index is 0.0965. The normalized spacial score (nSPS) is 21.2. The van der Waals surface area contributed by atoms with Crippen molar-refractivity contribution in [3.8, 4) is 0 Å². The van der Waals surface area contributed by atoms with E-state index in [9.17, 15) is 4.79 Å². The summed E-state index contributed by atoms with van der Waals surface area (Å²) in [5.74, 6) is 0.334. The highest BCUT2D eigenvalue weighted by Crippen LogP contribution is 2.13. The summed E-state index contributed by atoms with van der Waals surface area (Å²) in [6.07, 6.45) is 1.43. The van der Waals surface area contributed by atoms with E-state index in [4.69, 9.17) is 5.73 Å². The molecule has 3 N–H and O–H groups in total. The smallest absolute Gasteiger partial charge is 0.240 e. The molecule has 1 unspecified atom stereocenters. The number of hydrogen-bond acceptors (Lipinski definition) is 4. The van der Waals surface area contributed by atoms with E-state index in [1.807, 2.05) is 0 Å². The number of aromatic nitrogens is 3. The fourth-order valence-electron chi connectivity index (χ4n) is 1.48. The van der Waals surface area contributed by atoms with Gasteiger partial charge < -0.3 is 11.1 Å². The second-order valence-electron chi connectivity index (χ2n) is 3.22. The summed E-state index contributed by atoms with van der Waals surface area (Å²) in [4.78, 5) is 14.8. The Hall–Kier alpha value is -1.11. The molecule has 0 radical (unpaired) electrons. The van der Waals surface area contributed by atoms with E-state index < -0.39 is 0 Å². The van der Waals surface area contributed by atoms with E-state index in [1.54, 1.807) is 4.68 Å². The van der Waals surface area contributed by atoms with Crippen LogP contribution in [0.4, 0.5) is 5.95 Å². The maximum atomic E-state index is 10.9. The van der Waals surface area contributed by atoms with E-state index >= 15 is 0 Å². The first-order chi connectivity index (χ1) is 6.65. The van der Waals surface area contributed by atoms with Crippen molar-refractivity contribution in [2.24, 2.45) is 0 Å². The van der Waals surface area contributed by atoms with Gasteiger partial charge in [0.1, 0.15) is 0 Å². The van der Waals surface area contributed by atoms with Crippen LogP contribution in [0.5, 0.6) is 0 Å². The first-order valence-corrected chi connectivity index (χ1v) is 5.09. The fraction of sp³-hybridized carbons (Fsp3) is 0.571. The van der Waals surface area contributed by atoms with Gasteiger partial charge in [0.2, 0.25) is 11.9 Å². The molecule has 1 aliphatic heterocycles. The number of nitrogens with one attached hydrogen (secondary N) is 1. The van der Waals surface area contributed by atoms with Crippen LogP contribution in [-0.4, -0.2) is 26.7 Å².